The highest BCUT2D eigenvalue weighted by Crippen LogP contribution is 2.47. The Bertz CT molecular complexity index is 3120. The molecule has 1 aliphatic carbocycles. The standard InChI is InChI=1S/C68H62OSSi3/c1-51-47-64(73(67(2,3)4,59-41-25-11-26-42-59)60-43-27-12-28-44-60)66(70)65-63(51)45-46-68(65,69)52-48-61(71(53-29-13-5-14-30-53,54-31-15-6-16-32-54)55-33-17-7-18-34-55)50-62(49-52)72(56-35-19-8-20-36-56,57-37-21-9-22-38-57)58-39-23-10-24-40-58/h5-44,47-50,69-70H,45-46H2,1-4H3/t68-/m1/s1. The molecule has 0 amide bonds. The summed E-state index contributed by atoms with van der Waals surface area (Å²) in [5.41, 5.74) is 2.91. The molecule has 0 aliphatic heterocycles. The van der Waals surface area contributed by atoms with Crippen LogP contribution in [0, 0.1) is 6.92 Å². The number of fused-ring (bicyclic) bond motifs is 1. The van der Waals surface area contributed by atoms with Gasteiger partial charge in [0.15, 0.2) is 24.2 Å². The van der Waals surface area contributed by atoms with Crippen LogP contribution < -0.4 is 57.1 Å². The number of thiol groups is 1. The Balaban J connectivity index is 1.31. The van der Waals surface area contributed by atoms with E-state index in [4.69, 9.17) is 12.6 Å². The number of aryl methyl sites for hydroxylation is 1. The lowest BCUT2D eigenvalue weighted by atomic mass is 9.87. The van der Waals surface area contributed by atoms with Gasteiger partial charge in [0.2, 0.25) is 0 Å². The van der Waals surface area contributed by atoms with E-state index < -0.39 is 29.8 Å². The third kappa shape index (κ3) is 7.83. The minimum atomic E-state index is -3.20. The lowest BCUT2D eigenvalue weighted by molar-refractivity contribution is 0.0808. The van der Waals surface area contributed by atoms with E-state index in [2.05, 4.69) is 295 Å². The number of hydrogen-bond acceptors (Lipinski definition) is 2. The summed E-state index contributed by atoms with van der Waals surface area (Å²) in [7, 11) is -9.33. The molecule has 11 rings (SSSR count). The van der Waals surface area contributed by atoms with Crippen molar-refractivity contribution < 1.29 is 5.11 Å². The normalized spacial score (nSPS) is 14.9. The van der Waals surface area contributed by atoms with Crippen molar-refractivity contribution >= 4 is 93.9 Å². The third-order valence-electron chi connectivity index (χ3n) is 16.2. The minimum absolute atomic E-state index is 0.184. The Labute approximate surface area is 441 Å². The SMILES string of the molecule is Cc1cc([Si](c2ccccc2)(c2ccccc2)C(C)(C)C)c(S)c2c1CC[C@@]2(O)c1cc([Si](c2ccccc2)(c2ccccc2)c2ccccc2)cc([Si](c2ccccc2)(c2ccccc2)c2ccccc2)c1. The Hall–Kier alpha value is -6.84. The maximum atomic E-state index is 14.7. The number of aliphatic hydroxyl groups is 1. The first kappa shape index (κ1) is 48.4. The van der Waals surface area contributed by atoms with Crippen molar-refractivity contribution in [1.82, 2.24) is 0 Å². The number of rotatable bonds is 12. The van der Waals surface area contributed by atoms with Crippen molar-refractivity contribution in [2.75, 3.05) is 0 Å². The van der Waals surface area contributed by atoms with Gasteiger partial charge in [-0.15, -0.1) is 12.6 Å². The summed E-state index contributed by atoms with van der Waals surface area (Å²) in [6.07, 6.45) is 1.28. The van der Waals surface area contributed by atoms with Crippen molar-refractivity contribution in [2.45, 2.75) is 56.1 Å². The quantitative estimate of drug-likeness (QED) is 0.0716. The van der Waals surface area contributed by atoms with Crippen LogP contribution in [0.15, 0.2) is 272 Å². The van der Waals surface area contributed by atoms with Gasteiger partial charge in [-0.1, -0.05) is 288 Å². The minimum Gasteiger partial charge on any atom is -0.380 e. The lowest BCUT2D eigenvalue weighted by Crippen LogP contribution is -2.78. The first-order valence-corrected chi connectivity index (χ1v) is 32.2. The molecular formula is C68H62OSSi3. The Morgan fingerprint density at radius 3 is 0.973 bits per heavy atom. The highest BCUT2D eigenvalue weighted by atomic mass is 32.1. The number of benzene rings is 10. The molecule has 0 bridgehead atoms. The molecule has 0 heterocycles. The molecule has 0 aromatic heterocycles. The van der Waals surface area contributed by atoms with Crippen LogP contribution in [-0.2, 0) is 12.0 Å². The average molecular weight is 1010 g/mol. The lowest BCUT2D eigenvalue weighted by Gasteiger charge is -2.46. The second-order valence-electron chi connectivity index (χ2n) is 21.0. The van der Waals surface area contributed by atoms with Crippen LogP contribution >= 0.6 is 12.6 Å². The van der Waals surface area contributed by atoms with E-state index in [0.29, 0.717) is 6.42 Å². The second-order valence-corrected chi connectivity index (χ2v) is 33.8. The van der Waals surface area contributed by atoms with Crippen LogP contribution in [0.5, 0.6) is 0 Å². The van der Waals surface area contributed by atoms with Gasteiger partial charge in [-0.3, -0.25) is 0 Å². The molecule has 0 unspecified atom stereocenters. The van der Waals surface area contributed by atoms with E-state index in [1.54, 1.807) is 0 Å². The average Bonchev–Trinajstić information content (AvgIpc) is 3.82. The van der Waals surface area contributed by atoms with Gasteiger partial charge in [0.05, 0.1) is 0 Å². The van der Waals surface area contributed by atoms with Gasteiger partial charge in [0.25, 0.3) is 0 Å². The van der Waals surface area contributed by atoms with Gasteiger partial charge < -0.3 is 5.11 Å². The van der Waals surface area contributed by atoms with Crippen LogP contribution in [0.4, 0.5) is 0 Å². The van der Waals surface area contributed by atoms with Gasteiger partial charge in [-0.2, -0.15) is 0 Å². The highest BCUT2D eigenvalue weighted by molar-refractivity contribution is 7.80. The summed E-state index contributed by atoms with van der Waals surface area (Å²) in [6, 6.07) is 99.7. The van der Waals surface area contributed by atoms with Crippen LogP contribution in [0.1, 0.15) is 49.4 Å². The predicted octanol–water partition coefficient (Wildman–Crippen LogP) is 8.49. The Kier molecular flexibility index (Phi) is 13.0. The molecule has 1 aliphatic rings. The molecule has 1 N–H and O–H groups in total. The zero-order valence-corrected chi connectivity index (χ0v) is 46.1. The van der Waals surface area contributed by atoms with E-state index in [1.165, 1.54) is 68.2 Å². The predicted molar refractivity (Wildman–Crippen MR) is 321 cm³/mol. The van der Waals surface area contributed by atoms with Crippen LogP contribution in [0.2, 0.25) is 5.04 Å². The largest absolute Gasteiger partial charge is 0.380 e. The van der Waals surface area contributed by atoms with Gasteiger partial charge in [-0.05, 0) is 98.5 Å². The molecule has 1 nitrogen and oxygen atoms in total. The summed E-state index contributed by atoms with van der Waals surface area (Å²) >= 11 is 5.84. The molecule has 10 aromatic rings. The first-order chi connectivity index (χ1) is 35.6. The molecule has 1 atom stereocenters. The van der Waals surface area contributed by atoms with Crippen LogP contribution in [0.3, 0.4) is 0 Å². The fraction of sp³-hybridized carbons (Fsp3) is 0.118. The highest BCUT2D eigenvalue weighted by Gasteiger charge is 2.54. The summed E-state index contributed by atoms with van der Waals surface area (Å²) in [5, 5.41) is 28.6. The molecule has 73 heavy (non-hydrogen) atoms. The molecule has 10 aromatic carbocycles. The van der Waals surface area contributed by atoms with Crippen molar-refractivity contribution in [3.63, 3.8) is 0 Å². The van der Waals surface area contributed by atoms with Crippen molar-refractivity contribution in [3.05, 3.63) is 289 Å². The molecule has 0 saturated carbocycles. The molecule has 0 fully saturated rings. The fourth-order valence-corrected chi connectivity index (χ4v) is 29.6. The second kappa shape index (κ2) is 19.5. The van der Waals surface area contributed by atoms with E-state index >= 15 is 0 Å². The summed E-state index contributed by atoms with van der Waals surface area (Å²) in [6.45, 7) is 9.52. The van der Waals surface area contributed by atoms with Gasteiger partial charge in [-0.25, -0.2) is 0 Å². The third-order valence-corrected chi connectivity index (χ3v) is 32.3. The van der Waals surface area contributed by atoms with Crippen molar-refractivity contribution in [1.29, 1.82) is 0 Å². The number of hydrogen-bond donors (Lipinski definition) is 2. The maximum absolute atomic E-state index is 14.7. The zero-order valence-electron chi connectivity index (χ0n) is 42.2. The summed E-state index contributed by atoms with van der Waals surface area (Å²) < 4.78 is 0. The van der Waals surface area contributed by atoms with Crippen molar-refractivity contribution in [3.8, 4) is 0 Å². The van der Waals surface area contributed by atoms with Gasteiger partial charge >= 0.3 is 0 Å². The topological polar surface area (TPSA) is 20.2 Å². The maximum Gasteiger partial charge on any atom is 0.179 e. The van der Waals surface area contributed by atoms with Crippen molar-refractivity contribution in [2.24, 2.45) is 0 Å². The summed E-state index contributed by atoms with van der Waals surface area (Å²) in [5.74, 6) is 0. The van der Waals surface area contributed by atoms with Crippen LogP contribution in [0.25, 0.3) is 0 Å². The molecule has 5 heteroatoms. The zero-order chi connectivity index (χ0) is 50.3. The van der Waals surface area contributed by atoms with E-state index in [0.717, 1.165) is 22.4 Å². The van der Waals surface area contributed by atoms with Gasteiger partial charge in [0.1, 0.15) is 5.60 Å². The monoisotopic (exact) mass is 1010 g/mol. The Morgan fingerprint density at radius 2 is 0.685 bits per heavy atom. The molecule has 0 spiro atoms. The smallest absolute Gasteiger partial charge is 0.179 e. The van der Waals surface area contributed by atoms with E-state index in [1.807, 2.05) is 0 Å². The van der Waals surface area contributed by atoms with Gasteiger partial charge in [0, 0.05) is 10.5 Å². The molecule has 0 saturated heterocycles. The first-order valence-electron chi connectivity index (χ1n) is 25.7. The fourth-order valence-electron chi connectivity index (χ4n) is 13.2. The van der Waals surface area contributed by atoms with E-state index in [9.17, 15) is 5.11 Å². The molecule has 0 radical (unpaired) electrons. The van der Waals surface area contributed by atoms with E-state index in [-0.39, 0.29) is 5.04 Å². The molecular weight excluding hydrogens is 949 g/mol. The van der Waals surface area contributed by atoms with Crippen LogP contribution in [-0.4, -0.2) is 29.3 Å². The Morgan fingerprint density at radius 1 is 0.397 bits per heavy atom. The summed E-state index contributed by atoms with van der Waals surface area (Å²) in [4.78, 5) is 0.914. The molecule has 358 valence electrons.